The molecule has 2 rings (SSSR count). The number of para-hydroxylation sites is 1. The molecule has 0 spiro atoms. The second-order valence-corrected chi connectivity index (χ2v) is 9.12. The molecule has 0 amide bonds. The summed E-state index contributed by atoms with van der Waals surface area (Å²) in [7, 11) is 1.00. The van der Waals surface area contributed by atoms with E-state index >= 15 is 0 Å². The summed E-state index contributed by atoms with van der Waals surface area (Å²) in [5.74, 6) is 0.322. The van der Waals surface area contributed by atoms with Crippen LogP contribution in [0.5, 0.6) is 5.75 Å². The molecule has 0 saturated carbocycles. The molecule has 2 aromatic carbocycles. The van der Waals surface area contributed by atoms with Gasteiger partial charge in [-0.05, 0) is 35.3 Å². The van der Waals surface area contributed by atoms with Crippen LogP contribution >= 0.6 is 0 Å². The van der Waals surface area contributed by atoms with Gasteiger partial charge in [-0.2, -0.15) is 0 Å². The van der Waals surface area contributed by atoms with Crippen molar-refractivity contribution in [3.05, 3.63) is 66.2 Å². The van der Waals surface area contributed by atoms with Crippen LogP contribution in [0.3, 0.4) is 0 Å². The third-order valence-corrected chi connectivity index (χ3v) is 5.45. The smallest absolute Gasteiger partial charge is 0.115 e. The highest BCUT2D eigenvalue weighted by molar-refractivity contribution is 5.18. The Bertz CT molecular complexity index is 520. The number of phenolic OH excluding ortho intramolecular Hbond substituents is 1. The number of aromatic hydroxyl groups is 1. The van der Waals surface area contributed by atoms with Gasteiger partial charge in [0.05, 0.1) is 0 Å². The van der Waals surface area contributed by atoms with E-state index < -0.39 is 0 Å². The minimum Gasteiger partial charge on any atom is -0.508 e. The van der Waals surface area contributed by atoms with Crippen LogP contribution in [-0.2, 0) is 0 Å². The zero-order chi connectivity index (χ0) is 25.7. The molecule has 0 radical (unpaired) electrons. The van der Waals surface area contributed by atoms with Crippen LogP contribution in [-0.4, -0.2) is 17.3 Å². The molecule has 0 atom stereocenters. The van der Waals surface area contributed by atoms with Crippen molar-refractivity contribution in [3.63, 3.8) is 0 Å². The van der Waals surface area contributed by atoms with Crippen LogP contribution in [0, 0.1) is 23.2 Å². The summed E-state index contributed by atoms with van der Waals surface area (Å²) >= 11 is 0. The monoisotopic (exact) mass is 434 g/mol. The Hall–Kier alpha value is -1.80. The molecule has 0 bridgehead atoms. The lowest BCUT2D eigenvalue weighted by Gasteiger charge is -2.49. The Morgan fingerprint density at radius 1 is 0.516 bits per heavy atom. The van der Waals surface area contributed by atoms with Gasteiger partial charge in [0.1, 0.15) is 5.75 Å². The molecular formula is C29H54O2. The lowest BCUT2D eigenvalue weighted by molar-refractivity contribution is 0.00575. The van der Waals surface area contributed by atoms with E-state index in [-0.39, 0.29) is 0 Å². The normalized spacial score (nSPS) is 9.90. The van der Waals surface area contributed by atoms with Crippen molar-refractivity contribution in [1.82, 2.24) is 0 Å². The first-order valence-corrected chi connectivity index (χ1v) is 11.5. The third kappa shape index (κ3) is 18.7. The standard InChI is InChI=1S/C11H24.C7H8.C6H6O.2C2H6.CH4O/c1-9(2,3)11(7,8)10(4,5)6;1-7-5-3-2-4-6-7;7-6-4-2-1-3-5-6;3*1-2/h1-8H3;2-6H,1H3;1-5,7H;2*1-2H3;2H,1H3. The molecule has 0 fully saturated rings. The van der Waals surface area contributed by atoms with Crippen molar-refractivity contribution >= 4 is 0 Å². The maximum atomic E-state index is 8.63. The largest absolute Gasteiger partial charge is 0.508 e. The average Bonchev–Trinajstić information content (AvgIpc) is 2.73. The molecule has 182 valence electrons. The van der Waals surface area contributed by atoms with Crippen LogP contribution in [0.1, 0.15) is 88.6 Å². The number of hydrogen-bond acceptors (Lipinski definition) is 2. The Morgan fingerprint density at radius 3 is 0.871 bits per heavy atom. The Kier molecular flexibility index (Phi) is 23.7. The second kappa shape index (κ2) is 20.1. The van der Waals surface area contributed by atoms with E-state index in [0.717, 1.165) is 7.11 Å². The van der Waals surface area contributed by atoms with Crippen LogP contribution in [0.15, 0.2) is 60.7 Å². The van der Waals surface area contributed by atoms with E-state index in [4.69, 9.17) is 10.2 Å². The van der Waals surface area contributed by atoms with Gasteiger partial charge in [-0.1, -0.05) is 137 Å². The Balaban J connectivity index is -0.000000160. The summed E-state index contributed by atoms with van der Waals surface area (Å²) in [4.78, 5) is 0. The second-order valence-electron chi connectivity index (χ2n) is 9.12. The van der Waals surface area contributed by atoms with Gasteiger partial charge in [0, 0.05) is 7.11 Å². The van der Waals surface area contributed by atoms with Crippen molar-refractivity contribution in [3.8, 4) is 5.75 Å². The lowest BCUT2D eigenvalue weighted by atomic mass is 9.56. The van der Waals surface area contributed by atoms with E-state index in [9.17, 15) is 0 Å². The summed E-state index contributed by atoms with van der Waals surface area (Å²) in [5, 5.41) is 15.6. The highest BCUT2D eigenvalue weighted by Gasteiger charge is 2.42. The molecule has 0 heterocycles. The van der Waals surface area contributed by atoms with Crippen molar-refractivity contribution in [2.45, 2.75) is 90.0 Å². The summed E-state index contributed by atoms with van der Waals surface area (Å²) < 4.78 is 0. The molecule has 0 unspecified atom stereocenters. The number of rotatable bonds is 0. The van der Waals surface area contributed by atoms with Crippen LogP contribution in [0.25, 0.3) is 0 Å². The molecule has 0 aliphatic heterocycles. The van der Waals surface area contributed by atoms with Crippen LogP contribution < -0.4 is 0 Å². The fourth-order valence-electron chi connectivity index (χ4n) is 2.09. The molecule has 0 aliphatic carbocycles. The molecule has 0 aromatic heterocycles. The highest BCUT2D eigenvalue weighted by Crippen LogP contribution is 2.50. The molecule has 2 nitrogen and oxygen atoms in total. The van der Waals surface area contributed by atoms with Crippen LogP contribution in [0.2, 0.25) is 0 Å². The number of benzene rings is 2. The van der Waals surface area contributed by atoms with Gasteiger partial charge in [0.25, 0.3) is 0 Å². The Morgan fingerprint density at radius 2 is 0.774 bits per heavy atom. The minimum absolute atomic E-state index is 0.322. The lowest BCUT2D eigenvalue weighted by Crippen LogP contribution is -2.41. The van der Waals surface area contributed by atoms with Crippen molar-refractivity contribution in [1.29, 1.82) is 0 Å². The molecule has 0 aliphatic rings. The highest BCUT2D eigenvalue weighted by atomic mass is 16.3. The van der Waals surface area contributed by atoms with E-state index in [1.807, 2.05) is 52.0 Å². The van der Waals surface area contributed by atoms with Gasteiger partial charge in [-0.25, -0.2) is 0 Å². The number of aliphatic hydroxyl groups is 1. The molecule has 2 aromatic rings. The number of aliphatic hydroxyl groups excluding tert-OH is 1. The molecule has 2 heteroatoms. The molecule has 2 N–H and O–H groups in total. The summed E-state index contributed by atoms with van der Waals surface area (Å²) in [6.07, 6.45) is 0. The summed E-state index contributed by atoms with van der Waals surface area (Å²) in [5.41, 5.74) is 2.46. The van der Waals surface area contributed by atoms with Gasteiger partial charge in [-0.15, -0.1) is 0 Å². The van der Waals surface area contributed by atoms with Gasteiger partial charge in [0.15, 0.2) is 0 Å². The first-order chi connectivity index (χ1) is 14.3. The van der Waals surface area contributed by atoms with Crippen molar-refractivity contribution < 1.29 is 10.2 Å². The maximum absolute atomic E-state index is 8.63. The first-order valence-electron chi connectivity index (χ1n) is 11.5. The average molecular weight is 435 g/mol. The van der Waals surface area contributed by atoms with Gasteiger partial charge >= 0.3 is 0 Å². The fraction of sp³-hybridized carbons (Fsp3) is 0.586. The SMILES string of the molecule is CC.CC.CC(C)(C)C(C)(C)C(C)(C)C.CO.Cc1ccccc1.Oc1ccccc1. The summed E-state index contributed by atoms with van der Waals surface area (Å²) in [6, 6.07) is 19.0. The number of hydrogen-bond donors (Lipinski definition) is 2. The minimum atomic E-state index is 0.322. The van der Waals surface area contributed by atoms with E-state index in [1.54, 1.807) is 24.3 Å². The van der Waals surface area contributed by atoms with Crippen molar-refractivity contribution in [2.75, 3.05) is 7.11 Å². The molecule has 31 heavy (non-hydrogen) atoms. The fourth-order valence-corrected chi connectivity index (χ4v) is 2.09. The zero-order valence-corrected chi connectivity index (χ0v) is 23.2. The van der Waals surface area contributed by atoms with Crippen molar-refractivity contribution in [2.24, 2.45) is 16.2 Å². The van der Waals surface area contributed by atoms with E-state index in [1.165, 1.54) is 5.56 Å². The van der Waals surface area contributed by atoms with E-state index in [0.29, 0.717) is 22.0 Å². The zero-order valence-electron chi connectivity index (χ0n) is 23.2. The first kappa shape index (κ1) is 36.6. The quantitative estimate of drug-likeness (QED) is 0.434. The Labute approximate surface area is 195 Å². The molecule has 0 saturated heterocycles. The summed E-state index contributed by atoms with van der Waals surface area (Å²) in [6.45, 7) is 28.7. The van der Waals surface area contributed by atoms with Gasteiger partial charge in [0.2, 0.25) is 0 Å². The predicted octanol–water partition coefficient (Wildman–Crippen LogP) is 9.15. The third-order valence-electron chi connectivity index (χ3n) is 5.45. The van der Waals surface area contributed by atoms with Crippen LogP contribution in [0.4, 0.5) is 0 Å². The topological polar surface area (TPSA) is 40.5 Å². The van der Waals surface area contributed by atoms with Gasteiger partial charge in [-0.3, -0.25) is 0 Å². The number of phenols is 1. The molecular weight excluding hydrogens is 380 g/mol. The predicted molar refractivity (Wildman–Crippen MR) is 143 cm³/mol. The van der Waals surface area contributed by atoms with E-state index in [2.05, 4.69) is 74.4 Å². The maximum Gasteiger partial charge on any atom is 0.115 e. The van der Waals surface area contributed by atoms with Gasteiger partial charge < -0.3 is 10.2 Å². The number of aryl methyl sites for hydroxylation is 1.